The Morgan fingerprint density at radius 2 is 0.696 bits per heavy atom. The van der Waals surface area contributed by atoms with Crippen LogP contribution in [0.5, 0.6) is 0 Å². The van der Waals surface area contributed by atoms with Gasteiger partial charge < -0.3 is 14.2 Å². The fourth-order valence-electron chi connectivity index (χ4n) is 6.82. The van der Waals surface area contributed by atoms with E-state index >= 15 is 0 Å². The summed E-state index contributed by atoms with van der Waals surface area (Å²) < 4.78 is 16.7. The van der Waals surface area contributed by atoms with Crippen molar-refractivity contribution in [2.45, 2.75) is 252 Å². The summed E-state index contributed by atoms with van der Waals surface area (Å²) in [6.45, 7) is 6.47. The third kappa shape index (κ3) is 42.8. The summed E-state index contributed by atoms with van der Waals surface area (Å²) in [6.07, 6.45) is 51.4. The van der Waals surface area contributed by atoms with Gasteiger partial charge in [0.15, 0.2) is 6.10 Å². The lowest BCUT2D eigenvalue weighted by Crippen LogP contribution is -2.30. The molecule has 0 heterocycles. The molecule has 0 aliphatic carbocycles. The van der Waals surface area contributed by atoms with E-state index in [-0.39, 0.29) is 37.5 Å². The lowest BCUT2D eigenvalue weighted by Gasteiger charge is -2.18. The monoisotopic (exact) mass is 787 g/mol. The molecule has 56 heavy (non-hydrogen) atoms. The van der Waals surface area contributed by atoms with E-state index in [0.29, 0.717) is 19.3 Å². The first-order chi connectivity index (χ1) is 27.5. The molecule has 326 valence electrons. The second kappa shape index (κ2) is 45.3. The topological polar surface area (TPSA) is 78.9 Å². The Bertz CT molecular complexity index is 953. The van der Waals surface area contributed by atoms with Crippen molar-refractivity contribution in [1.82, 2.24) is 0 Å². The summed E-state index contributed by atoms with van der Waals surface area (Å²) in [4.78, 5) is 37.7. The van der Waals surface area contributed by atoms with Crippen LogP contribution in [-0.2, 0) is 28.6 Å². The van der Waals surface area contributed by atoms with Gasteiger partial charge in [0, 0.05) is 19.3 Å². The van der Waals surface area contributed by atoms with Gasteiger partial charge in [-0.1, -0.05) is 218 Å². The summed E-state index contributed by atoms with van der Waals surface area (Å²) in [5.74, 6) is -0.939. The Balaban J connectivity index is 4.33. The molecule has 0 aliphatic heterocycles. The van der Waals surface area contributed by atoms with Crippen molar-refractivity contribution in [3.05, 3.63) is 36.5 Å². The van der Waals surface area contributed by atoms with Gasteiger partial charge in [-0.3, -0.25) is 14.4 Å². The Labute approximate surface area is 346 Å². The number of hydrogen-bond donors (Lipinski definition) is 0. The van der Waals surface area contributed by atoms with Crippen molar-refractivity contribution in [2.24, 2.45) is 0 Å². The van der Waals surface area contributed by atoms with Gasteiger partial charge in [0.1, 0.15) is 13.2 Å². The van der Waals surface area contributed by atoms with Gasteiger partial charge in [-0.05, 0) is 44.9 Å². The van der Waals surface area contributed by atoms with E-state index in [1.165, 1.54) is 135 Å². The average molecular weight is 787 g/mol. The van der Waals surface area contributed by atoms with Crippen molar-refractivity contribution in [2.75, 3.05) is 13.2 Å². The highest BCUT2D eigenvalue weighted by molar-refractivity contribution is 5.71. The van der Waals surface area contributed by atoms with Gasteiger partial charge in [-0.2, -0.15) is 0 Å². The number of allylic oxidation sites excluding steroid dienone is 6. The summed E-state index contributed by atoms with van der Waals surface area (Å²) in [5, 5.41) is 0. The predicted molar refractivity (Wildman–Crippen MR) is 238 cm³/mol. The fraction of sp³-hybridized carbons (Fsp3) is 0.820. The molecule has 6 nitrogen and oxygen atoms in total. The molecule has 0 spiro atoms. The van der Waals surface area contributed by atoms with Crippen LogP contribution in [0, 0.1) is 0 Å². The molecule has 0 saturated carbocycles. The molecule has 0 fully saturated rings. The van der Waals surface area contributed by atoms with Crippen LogP contribution in [-0.4, -0.2) is 37.2 Å². The van der Waals surface area contributed by atoms with Gasteiger partial charge in [-0.25, -0.2) is 0 Å². The van der Waals surface area contributed by atoms with E-state index in [2.05, 4.69) is 57.2 Å². The maximum Gasteiger partial charge on any atom is 0.306 e. The number of carbonyl (C=O) groups is 3. The largest absolute Gasteiger partial charge is 0.462 e. The molecule has 0 aromatic carbocycles. The van der Waals surface area contributed by atoms with E-state index in [1.807, 2.05) is 0 Å². The summed E-state index contributed by atoms with van der Waals surface area (Å²) in [6, 6.07) is 0. The summed E-state index contributed by atoms with van der Waals surface area (Å²) in [5.41, 5.74) is 0. The molecular formula is C50H90O6. The Hall–Kier alpha value is -2.37. The van der Waals surface area contributed by atoms with Crippen LogP contribution >= 0.6 is 0 Å². The highest BCUT2D eigenvalue weighted by atomic mass is 16.6. The molecular weight excluding hydrogens is 697 g/mol. The molecule has 1 atom stereocenters. The minimum Gasteiger partial charge on any atom is -0.462 e. The number of ether oxygens (including phenoxy) is 3. The van der Waals surface area contributed by atoms with Crippen molar-refractivity contribution < 1.29 is 28.6 Å². The van der Waals surface area contributed by atoms with Gasteiger partial charge in [0.25, 0.3) is 0 Å². The molecule has 6 heteroatoms. The molecule has 0 aromatic rings. The van der Waals surface area contributed by atoms with E-state index in [0.717, 1.165) is 64.2 Å². The first-order valence-electron chi connectivity index (χ1n) is 24.0. The highest BCUT2D eigenvalue weighted by Crippen LogP contribution is 2.15. The van der Waals surface area contributed by atoms with Crippen molar-refractivity contribution in [1.29, 1.82) is 0 Å². The Kier molecular flexibility index (Phi) is 43.4. The standard InChI is InChI=1S/C50H90O6/c1-4-7-10-13-16-19-22-23-24-25-26-27-29-31-34-37-40-43-49(52)55-46-47(45-54-48(51)42-39-36-33-30-21-18-15-12-9-6-3)56-50(53)44-41-38-35-32-28-20-17-14-11-8-5-2/h8,11,17,20,32,35,47H,4-7,9-10,12-16,18-19,21-31,33-34,36-46H2,1-3H3/b11-8-,20-17-,35-32-. The van der Waals surface area contributed by atoms with Crippen LogP contribution in [0.1, 0.15) is 245 Å². The second-order valence-electron chi connectivity index (χ2n) is 16.0. The lowest BCUT2D eigenvalue weighted by atomic mass is 10.0. The van der Waals surface area contributed by atoms with Crippen molar-refractivity contribution >= 4 is 17.9 Å². The summed E-state index contributed by atoms with van der Waals surface area (Å²) >= 11 is 0. The van der Waals surface area contributed by atoms with Crippen LogP contribution in [0.25, 0.3) is 0 Å². The number of carbonyl (C=O) groups excluding carboxylic acids is 3. The maximum atomic E-state index is 12.7. The normalized spacial score (nSPS) is 12.3. The van der Waals surface area contributed by atoms with Crippen molar-refractivity contribution in [3.63, 3.8) is 0 Å². The zero-order valence-corrected chi connectivity index (χ0v) is 37.2. The molecule has 0 rings (SSSR count). The number of esters is 3. The minimum absolute atomic E-state index is 0.0885. The zero-order valence-electron chi connectivity index (χ0n) is 37.2. The third-order valence-electron chi connectivity index (χ3n) is 10.4. The van der Waals surface area contributed by atoms with Gasteiger partial charge in [-0.15, -0.1) is 0 Å². The molecule has 0 radical (unpaired) electrons. The van der Waals surface area contributed by atoms with E-state index in [4.69, 9.17) is 14.2 Å². The number of hydrogen-bond acceptors (Lipinski definition) is 6. The average Bonchev–Trinajstić information content (AvgIpc) is 3.19. The van der Waals surface area contributed by atoms with E-state index in [9.17, 15) is 14.4 Å². The van der Waals surface area contributed by atoms with Crippen LogP contribution < -0.4 is 0 Å². The lowest BCUT2D eigenvalue weighted by molar-refractivity contribution is -0.167. The zero-order chi connectivity index (χ0) is 40.8. The summed E-state index contributed by atoms with van der Waals surface area (Å²) in [7, 11) is 0. The first-order valence-corrected chi connectivity index (χ1v) is 24.0. The molecule has 0 N–H and O–H groups in total. The highest BCUT2D eigenvalue weighted by Gasteiger charge is 2.19. The van der Waals surface area contributed by atoms with Gasteiger partial charge >= 0.3 is 17.9 Å². The molecule has 0 aromatic heterocycles. The third-order valence-corrected chi connectivity index (χ3v) is 10.4. The number of unbranched alkanes of at least 4 members (excludes halogenated alkanes) is 26. The Morgan fingerprint density at radius 1 is 0.375 bits per heavy atom. The smallest absolute Gasteiger partial charge is 0.306 e. The SMILES string of the molecule is CC/C=C\C/C=C\C/C=C\CCCC(=O)OC(COC(=O)CCCCCCCCCCCC)COC(=O)CCCCCCCCCCCCCCCCCCC. The molecule has 0 aliphatic rings. The Morgan fingerprint density at radius 3 is 1.07 bits per heavy atom. The van der Waals surface area contributed by atoms with Crippen LogP contribution in [0.2, 0.25) is 0 Å². The van der Waals surface area contributed by atoms with Gasteiger partial charge in [0.05, 0.1) is 0 Å². The quantitative estimate of drug-likeness (QED) is 0.0265. The molecule has 0 saturated heterocycles. The maximum absolute atomic E-state index is 12.7. The number of rotatable bonds is 43. The van der Waals surface area contributed by atoms with Crippen LogP contribution in [0.4, 0.5) is 0 Å². The molecule has 0 amide bonds. The second-order valence-corrected chi connectivity index (χ2v) is 16.0. The van der Waals surface area contributed by atoms with Crippen molar-refractivity contribution in [3.8, 4) is 0 Å². The predicted octanol–water partition coefficient (Wildman–Crippen LogP) is 15.4. The van der Waals surface area contributed by atoms with E-state index < -0.39 is 6.10 Å². The van der Waals surface area contributed by atoms with E-state index in [1.54, 1.807) is 0 Å². The molecule has 1 unspecified atom stereocenters. The fourth-order valence-corrected chi connectivity index (χ4v) is 6.82. The molecule has 0 bridgehead atoms. The van der Waals surface area contributed by atoms with Crippen LogP contribution in [0.15, 0.2) is 36.5 Å². The van der Waals surface area contributed by atoms with Gasteiger partial charge in [0.2, 0.25) is 0 Å². The first kappa shape index (κ1) is 53.6. The minimum atomic E-state index is -0.791. The van der Waals surface area contributed by atoms with Crippen LogP contribution in [0.3, 0.4) is 0 Å².